The van der Waals surface area contributed by atoms with E-state index in [-0.39, 0.29) is 0 Å². The van der Waals surface area contributed by atoms with Crippen molar-refractivity contribution in [1.82, 2.24) is 4.90 Å². The van der Waals surface area contributed by atoms with Gasteiger partial charge in [0.2, 0.25) is 0 Å². The normalized spacial score (nSPS) is 18.2. The maximum absolute atomic E-state index is 5.90. The predicted molar refractivity (Wildman–Crippen MR) is 74.2 cm³/mol. The van der Waals surface area contributed by atoms with Crippen molar-refractivity contribution in [1.29, 1.82) is 0 Å². The van der Waals surface area contributed by atoms with Gasteiger partial charge in [0.25, 0.3) is 0 Å². The molecule has 1 aromatic rings. The van der Waals surface area contributed by atoms with Gasteiger partial charge in [-0.25, -0.2) is 0 Å². The summed E-state index contributed by atoms with van der Waals surface area (Å²) in [5.41, 5.74) is 7.79. The van der Waals surface area contributed by atoms with Gasteiger partial charge in [0.05, 0.1) is 11.4 Å². The van der Waals surface area contributed by atoms with Gasteiger partial charge in [-0.05, 0) is 44.0 Å². The van der Waals surface area contributed by atoms with E-state index in [0.717, 1.165) is 17.9 Å². The van der Waals surface area contributed by atoms with Gasteiger partial charge in [-0.15, -0.1) is 0 Å². The Bertz CT molecular complexity index is 345. The number of hydrogen-bond acceptors (Lipinski definition) is 3. The minimum atomic E-state index is 0.660. The molecule has 0 spiro atoms. The molecule has 1 aliphatic heterocycles. The third-order valence-electron chi connectivity index (χ3n) is 3.37. The van der Waals surface area contributed by atoms with E-state index in [2.05, 4.69) is 17.1 Å². The van der Waals surface area contributed by atoms with Crippen LogP contribution in [0, 0.1) is 5.92 Å². The summed E-state index contributed by atoms with van der Waals surface area (Å²) in [7, 11) is 0. The van der Waals surface area contributed by atoms with Crippen LogP contribution in [0.25, 0.3) is 0 Å². The van der Waals surface area contributed by atoms with Gasteiger partial charge in [0.1, 0.15) is 0 Å². The van der Waals surface area contributed by atoms with Gasteiger partial charge in [-0.3, -0.25) is 0 Å². The SMILES string of the molecule is CC(CNc1ccccc1N)CN1CCCC1. The van der Waals surface area contributed by atoms with Crippen LogP contribution in [0.4, 0.5) is 11.4 Å². The summed E-state index contributed by atoms with van der Waals surface area (Å²) in [5, 5.41) is 3.43. The molecule has 0 saturated carbocycles. The quantitative estimate of drug-likeness (QED) is 0.767. The Hall–Kier alpha value is -1.22. The topological polar surface area (TPSA) is 41.3 Å². The number of nitrogens with one attached hydrogen (secondary N) is 1. The molecule has 0 amide bonds. The van der Waals surface area contributed by atoms with Gasteiger partial charge in [-0.2, -0.15) is 0 Å². The second-order valence-electron chi connectivity index (χ2n) is 5.08. The third-order valence-corrected chi connectivity index (χ3v) is 3.37. The zero-order valence-electron chi connectivity index (χ0n) is 10.7. The first-order chi connectivity index (χ1) is 8.25. The van der Waals surface area contributed by atoms with Gasteiger partial charge < -0.3 is 16.0 Å². The third kappa shape index (κ3) is 3.63. The molecule has 1 saturated heterocycles. The van der Waals surface area contributed by atoms with Crippen molar-refractivity contribution in [3.05, 3.63) is 24.3 Å². The molecule has 3 heteroatoms. The van der Waals surface area contributed by atoms with Crippen LogP contribution in [0.1, 0.15) is 19.8 Å². The minimum Gasteiger partial charge on any atom is -0.397 e. The van der Waals surface area contributed by atoms with Crippen LogP contribution < -0.4 is 11.1 Å². The number of likely N-dealkylation sites (tertiary alicyclic amines) is 1. The molecule has 1 unspecified atom stereocenters. The van der Waals surface area contributed by atoms with Crippen molar-refractivity contribution in [2.45, 2.75) is 19.8 Å². The molecular formula is C14H23N3. The fraction of sp³-hybridized carbons (Fsp3) is 0.571. The summed E-state index contributed by atoms with van der Waals surface area (Å²) >= 11 is 0. The molecule has 1 heterocycles. The highest BCUT2D eigenvalue weighted by molar-refractivity contribution is 5.65. The van der Waals surface area contributed by atoms with Crippen molar-refractivity contribution in [3.8, 4) is 0 Å². The highest BCUT2D eigenvalue weighted by atomic mass is 15.1. The first kappa shape index (κ1) is 12.2. The summed E-state index contributed by atoms with van der Waals surface area (Å²) in [6.07, 6.45) is 2.73. The van der Waals surface area contributed by atoms with Crippen molar-refractivity contribution < 1.29 is 0 Å². The molecule has 1 fully saturated rings. The van der Waals surface area contributed by atoms with E-state index in [1.807, 2.05) is 24.3 Å². The number of rotatable bonds is 5. The Labute approximate surface area is 104 Å². The van der Waals surface area contributed by atoms with E-state index in [9.17, 15) is 0 Å². The summed E-state index contributed by atoms with van der Waals surface area (Å²) in [5.74, 6) is 0.660. The Morgan fingerprint density at radius 2 is 2.00 bits per heavy atom. The molecule has 0 aromatic heterocycles. The van der Waals surface area contributed by atoms with Gasteiger partial charge in [0.15, 0.2) is 0 Å². The molecule has 3 N–H and O–H groups in total. The molecule has 3 nitrogen and oxygen atoms in total. The standard InChI is InChI=1S/C14H23N3/c1-12(11-17-8-4-5-9-17)10-16-14-7-3-2-6-13(14)15/h2-3,6-7,12,16H,4-5,8-11,15H2,1H3. The van der Waals surface area contributed by atoms with E-state index >= 15 is 0 Å². The van der Waals surface area contributed by atoms with Crippen LogP contribution in [-0.4, -0.2) is 31.1 Å². The zero-order chi connectivity index (χ0) is 12.1. The lowest BCUT2D eigenvalue weighted by atomic mass is 10.1. The molecule has 17 heavy (non-hydrogen) atoms. The lowest BCUT2D eigenvalue weighted by molar-refractivity contribution is 0.294. The van der Waals surface area contributed by atoms with E-state index in [0.29, 0.717) is 5.92 Å². The molecular weight excluding hydrogens is 210 g/mol. The largest absolute Gasteiger partial charge is 0.397 e. The lowest BCUT2D eigenvalue weighted by Crippen LogP contribution is -2.28. The summed E-state index contributed by atoms with van der Waals surface area (Å²) in [6, 6.07) is 7.96. The van der Waals surface area contributed by atoms with Crippen molar-refractivity contribution >= 4 is 11.4 Å². The monoisotopic (exact) mass is 233 g/mol. The molecule has 1 aromatic carbocycles. The average Bonchev–Trinajstić information content (AvgIpc) is 2.81. The van der Waals surface area contributed by atoms with E-state index in [1.54, 1.807) is 0 Å². The number of para-hydroxylation sites is 2. The van der Waals surface area contributed by atoms with Crippen LogP contribution in [0.3, 0.4) is 0 Å². The second-order valence-corrected chi connectivity index (χ2v) is 5.08. The number of hydrogen-bond donors (Lipinski definition) is 2. The maximum Gasteiger partial charge on any atom is 0.0574 e. The van der Waals surface area contributed by atoms with Crippen molar-refractivity contribution in [2.24, 2.45) is 5.92 Å². The number of nitrogens with two attached hydrogens (primary N) is 1. The Kier molecular flexibility index (Phi) is 4.26. The van der Waals surface area contributed by atoms with Gasteiger partial charge in [-0.1, -0.05) is 19.1 Å². The molecule has 0 aliphatic carbocycles. The Morgan fingerprint density at radius 1 is 1.29 bits per heavy atom. The minimum absolute atomic E-state index is 0.660. The highest BCUT2D eigenvalue weighted by Crippen LogP contribution is 2.17. The summed E-state index contributed by atoms with van der Waals surface area (Å²) < 4.78 is 0. The van der Waals surface area contributed by atoms with Crippen LogP contribution >= 0.6 is 0 Å². The van der Waals surface area contributed by atoms with E-state index < -0.39 is 0 Å². The zero-order valence-corrected chi connectivity index (χ0v) is 10.7. The fourth-order valence-electron chi connectivity index (χ4n) is 2.41. The number of anilines is 2. The van der Waals surface area contributed by atoms with Crippen molar-refractivity contribution in [3.63, 3.8) is 0 Å². The molecule has 94 valence electrons. The average molecular weight is 233 g/mol. The number of nitrogens with zero attached hydrogens (tertiary/aromatic N) is 1. The Morgan fingerprint density at radius 3 is 2.71 bits per heavy atom. The van der Waals surface area contributed by atoms with Crippen molar-refractivity contribution in [2.75, 3.05) is 37.2 Å². The lowest BCUT2D eigenvalue weighted by Gasteiger charge is -2.21. The van der Waals surface area contributed by atoms with Crippen LogP contribution in [0.2, 0.25) is 0 Å². The summed E-state index contributed by atoms with van der Waals surface area (Å²) in [6.45, 7) is 7.03. The fourth-order valence-corrected chi connectivity index (χ4v) is 2.41. The maximum atomic E-state index is 5.90. The van der Waals surface area contributed by atoms with Crippen LogP contribution in [0.15, 0.2) is 24.3 Å². The van der Waals surface area contributed by atoms with E-state index in [1.165, 1.54) is 32.5 Å². The predicted octanol–water partition coefficient (Wildman–Crippen LogP) is 2.41. The molecule has 1 aliphatic rings. The first-order valence-corrected chi connectivity index (χ1v) is 6.56. The smallest absolute Gasteiger partial charge is 0.0574 e. The molecule has 0 bridgehead atoms. The van der Waals surface area contributed by atoms with Gasteiger partial charge in [0, 0.05) is 13.1 Å². The molecule has 0 radical (unpaired) electrons. The molecule has 2 rings (SSSR count). The van der Waals surface area contributed by atoms with Gasteiger partial charge >= 0.3 is 0 Å². The highest BCUT2D eigenvalue weighted by Gasteiger charge is 2.14. The van der Waals surface area contributed by atoms with Crippen LogP contribution in [-0.2, 0) is 0 Å². The Balaban J connectivity index is 1.75. The first-order valence-electron chi connectivity index (χ1n) is 6.56. The summed E-state index contributed by atoms with van der Waals surface area (Å²) in [4.78, 5) is 2.56. The van der Waals surface area contributed by atoms with E-state index in [4.69, 9.17) is 5.73 Å². The number of nitrogen functional groups attached to an aromatic ring is 1. The number of benzene rings is 1. The van der Waals surface area contributed by atoms with Crippen LogP contribution in [0.5, 0.6) is 0 Å². The molecule has 1 atom stereocenters. The second kappa shape index (κ2) is 5.92.